The summed E-state index contributed by atoms with van der Waals surface area (Å²) in [5.74, 6) is 1.46. The van der Waals surface area contributed by atoms with E-state index in [1.807, 2.05) is 48.5 Å². The number of carbonyl (C=O) groups excluding carboxylic acids is 1. The van der Waals surface area contributed by atoms with Crippen molar-refractivity contribution in [2.24, 2.45) is 0 Å². The highest BCUT2D eigenvalue weighted by Crippen LogP contribution is 2.16. The van der Waals surface area contributed by atoms with E-state index in [2.05, 4.69) is 17.4 Å². The third kappa shape index (κ3) is 5.52. The zero-order valence-corrected chi connectivity index (χ0v) is 12.8. The van der Waals surface area contributed by atoms with Crippen LogP contribution < -0.4 is 10.1 Å². The van der Waals surface area contributed by atoms with Gasteiger partial charge in [0.2, 0.25) is 0 Å². The Balaban J connectivity index is 1.67. The Morgan fingerprint density at radius 3 is 2.38 bits per heavy atom. The van der Waals surface area contributed by atoms with Crippen molar-refractivity contribution in [3.8, 4) is 5.75 Å². The summed E-state index contributed by atoms with van der Waals surface area (Å²) < 4.78 is 5.57. The fourth-order valence-corrected chi connectivity index (χ4v) is 2.55. The van der Waals surface area contributed by atoms with Crippen LogP contribution >= 0.6 is 11.8 Å². The molecule has 1 unspecified atom stereocenters. The molecule has 3 nitrogen and oxygen atoms in total. The molecular formula is C17H19NO2S. The van der Waals surface area contributed by atoms with E-state index in [9.17, 15) is 4.79 Å². The Bertz CT molecular complexity index is 545. The first-order chi connectivity index (χ1) is 10.3. The third-order valence-corrected chi connectivity index (χ3v) is 3.85. The average Bonchev–Trinajstić information content (AvgIpc) is 2.53. The van der Waals surface area contributed by atoms with Crippen LogP contribution in [0.4, 0.5) is 0 Å². The summed E-state index contributed by atoms with van der Waals surface area (Å²) in [4.78, 5) is 13.1. The SMILES string of the molecule is CC(Oc1ccccc1)C(=O)NCCSc1ccccc1. The molecule has 1 amide bonds. The van der Waals surface area contributed by atoms with E-state index >= 15 is 0 Å². The minimum atomic E-state index is -0.492. The van der Waals surface area contributed by atoms with E-state index in [0.29, 0.717) is 12.3 Å². The number of rotatable bonds is 7. The fourth-order valence-electron chi connectivity index (χ4n) is 1.76. The van der Waals surface area contributed by atoms with Crippen molar-refractivity contribution < 1.29 is 9.53 Å². The molecule has 1 N–H and O–H groups in total. The summed E-state index contributed by atoms with van der Waals surface area (Å²) in [6, 6.07) is 19.5. The monoisotopic (exact) mass is 301 g/mol. The zero-order chi connectivity index (χ0) is 14.9. The number of carbonyl (C=O) groups is 1. The van der Waals surface area contributed by atoms with Crippen LogP contribution in [-0.4, -0.2) is 24.3 Å². The van der Waals surface area contributed by atoms with Crippen molar-refractivity contribution in [3.05, 3.63) is 60.7 Å². The van der Waals surface area contributed by atoms with Crippen LogP contribution in [0, 0.1) is 0 Å². The Labute approximate surface area is 129 Å². The van der Waals surface area contributed by atoms with Gasteiger partial charge in [-0.3, -0.25) is 4.79 Å². The van der Waals surface area contributed by atoms with Gasteiger partial charge in [0.15, 0.2) is 6.10 Å². The highest BCUT2D eigenvalue weighted by Gasteiger charge is 2.13. The number of ether oxygens (including phenoxy) is 1. The molecular weight excluding hydrogens is 282 g/mol. The molecule has 2 aromatic rings. The van der Waals surface area contributed by atoms with Crippen molar-refractivity contribution in [1.29, 1.82) is 0 Å². The number of thioether (sulfide) groups is 1. The first-order valence-corrected chi connectivity index (χ1v) is 7.91. The molecule has 0 bridgehead atoms. The fraction of sp³-hybridized carbons (Fsp3) is 0.235. The van der Waals surface area contributed by atoms with Gasteiger partial charge < -0.3 is 10.1 Å². The zero-order valence-electron chi connectivity index (χ0n) is 12.0. The maximum Gasteiger partial charge on any atom is 0.260 e. The lowest BCUT2D eigenvalue weighted by Gasteiger charge is -2.14. The number of hydrogen-bond acceptors (Lipinski definition) is 3. The molecule has 2 rings (SSSR count). The highest BCUT2D eigenvalue weighted by molar-refractivity contribution is 7.99. The van der Waals surface area contributed by atoms with Crippen molar-refractivity contribution >= 4 is 17.7 Å². The standard InChI is InChI=1S/C17H19NO2S/c1-14(20-15-8-4-2-5-9-15)17(19)18-12-13-21-16-10-6-3-7-11-16/h2-11,14H,12-13H2,1H3,(H,18,19). The first kappa shape index (κ1) is 15.4. The molecule has 4 heteroatoms. The molecule has 110 valence electrons. The van der Waals surface area contributed by atoms with Gasteiger partial charge in [-0.1, -0.05) is 36.4 Å². The average molecular weight is 301 g/mol. The largest absolute Gasteiger partial charge is 0.481 e. The number of para-hydroxylation sites is 1. The lowest BCUT2D eigenvalue weighted by molar-refractivity contribution is -0.127. The van der Waals surface area contributed by atoms with Crippen LogP contribution in [0.15, 0.2) is 65.6 Å². The molecule has 21 heavy (non-hydrogen) atoms. The van der Waals surface area contributed by atoms with Gasteiger partial charge in [0.25, 0.3) is 5.91 Å². The maximum atomic E-state index is 11.9. The Kier molecular flexibility index (Phi) is 6.16. The molecule has 0 saturated heterocycles. The predicted molar refractivity (Wildman–Crippen MR) is 86.7 cm³/mol. The molecule has 0 spiro atoms. The molecule has 0 radical (unpaired) electrons. The second kappa shape index (κ2) is 8.37. The number of nitrogens with one attached hydrogen (secondary N) is 1. The van der Waals surface area contributed by atoms with Crippen LogP contribution in [0.5, 0.6) is 5.75 Å². The van der Waals surface area contributed by atoms with E-state index < -0.39 is 6.10 Å². The van der Waals surface area contributed by atoms with E-state index in [-0.39, 0.29) is 5.91 Å². The molecule has 0 aliphatic rings. The molecule has 0 saturated carbocycles. The van der Waals surface area contributed by atoms with Gasteiger partial charge >= 0.3 is 0 Å². The van der Waals surface area contributed by atoms with Crippen LogP contribution in [0.25, 0.3) is 0 Å². The van der Waals surface area contributed by atoms with E-state index in [4.69, 9.17) is 4.74 Å². The first-order valence-electron chi connectivity index (χ1n) is 6.93. The van der Waals surface area contributed by atoms with Gasteiger partial charge in [-0.25, -0.2) is 0 Å². The molecule has 0 fully saturated rings. The molecule has 0 aromatic heterocycles. The van der Waals surface area contributed by atoms with Gasteiger partial charge in [-0.2, -0.15) is 0 Å². The lowest BCUT2D eigenvalue weighted by Crippen LogP contribution is -2.37. The summed E-state index contributed by atoms with van der Waals surface area (Å²) >= 11 is 1.72. The molecule has 0 heterocycles. The minimum absolute atomic E-state index is 0.0903. The van der Waals surface area contributed by atoms with Crippen LogP contribution in [0.1, 0.15) is 6.92 Å². The summed E-state index contributed by atoms with van der Waals surface area (Å²) in [7, 11) is 0. The Hall–Kier alpha value is -1.94. The molecule has 2 aromatic carbocycles. The smallest absolute Gasteiger partial charge is 0.260 e. The van der Waals surface area contributed by atoms with Crippen molar-refractivity contribution in [3.63, 3.8) is 0 Å². The van der Waals surface area contributed by atoms with Crippen molar-refractivity contribution in [1.82, 2.24) is 5.32 Å². The number of benzene rings is 2. The molecule has 0 aliphatic carbocycles. The summed E-state index contributed by atoms with van der Waals surface area (Å²) in [6.07, 6.45) is -0.492. The normalized spacial score (nSPS) is 11.7. The second-order valence-electron chi connectivity index (χ2n) is 4.53. The Morgan fingerprint density at radius 2 is 1.71 bits per heavy atom. The van der Waals surface area contributed by atoms with Crippen LogP contribution in [0.3, 0.4) is 0 Å². The van der Waals surface area contributed by atoms with E-state index in [1.165, 1.54) is 4.90 Å². The maximum absolute atomic E-state index is 11.9. The van der Waals surface area contributed by atoms with Gasteiger partial charge in [0, 0.05) is 17.2 Å². The van der Waals surface area contributed by atoms with Crippen molar-refractivity contribution in [2.75, 3.05) is 12.3 Å². The number of amides is 1. The van der Waals surface area contributed by atoms with Gasteiger partial charge in [0.05, 0.1) is 0 Å². The summed E-state index contributed by atoms with van der Waals surface area (Å²) in [5.41, 5.74) is 0. The summed E-state index contributed by atoms with van der Waals surface area (Å²) in [5, 5.41) is 2.89. The summed E-state index contributed by atoms with van der Waals surface area (Å²) in [6.45, 7) is 2.38. The van der Waals surface area contributed by atoms with Gasteiger partial charge in [-0.15, -0.1) is 11.8 Å². The highest BCUT2D eigenvalue weighted by atomic mass is 32.2. The predicted octanol–water partition coefficient (Wildman–Crippen LogP) is 3.36. The van der Waals surface area contributed by atoms with E-state index in [1.54, 1.807) is 18.7 Å². The quantitative estimate of drug-likeness (QED) is 0.629. The second-order valence-corrected chi connectivity index (χ2v) is 5.69. The minimum Gasteiger partial charge on any atom is -0.481 e. The van der Waals surface area contributed by atoms with Crippen LogP contribution in [0.2, 0.25) is 0 Å². The van der Waals surface area contributed by atoms with Crippen LogP contribution in [-0.2, 0) is 4.79 Å². The molecule has 0 aliphatic heterocycles. The number of hydrogen-bond donors (Lipinski definition) is 1. The lowest BCUT2D eigenvalue weighted by atomic mass is 10.3. The Morgan fingerprint density at radius 1 is 1.10 bits per heavy atom. The van der Waals surface area contributed by atoms with Crippen molar-refractivity contribution in [2.45, 2.75) is 17.9 Å². The topological polar surface area (TPSA) is 38.3 Å². The molecule has 1 atom stereocenters. The van der Waals surface area contributed by atoms with Gasteiger partial charge in [-0.05, 0) is 31.2 Å². The van der Waals surface area contributed by atoms with Gasteiger partial charge in [0.1, 0.15) is 5.75 Å². The third-order valence-electron chi connectivity index (χ3n) is 2.84. The van der Waals surface area contributed by atoms with E-state index in [0.717, 1.165) is 5.75 Å².